The Balaban J connectivity index is 4.49. The van der Waals surface area contributed by atoms with E-state index < -0.39 is 70.0 Å². The van der Waals surface area contributed by atoms with Gasteiger partial charge < -0.3 is 5.32 Å². The van der Waals surface area contributed by atoms with Crippen molar-refractivity contribution >= 4 is 0 Å². The molecule has 0 aliphatic heterocycles. The largest absolute Gasteiger partial charge is 0.417 e. The lowest BCUT2D eigenvalue weighted by Gasteiger charge is -2.36. The quantitative estimate of drug-likeness (QED) is 0.477. The molecule has 29 heavy (non-hydrogen) atoms. The summed E-state index contributed by atoms with van der Waals surface area (Å²) in [6.07, 6.45) is -24.0. The summed E-state index contributed by atoms with van der Waals surface area (Å²) in [6.45, 7) is 3.21. The molecule has 0 amide bonds. The van der Waals surface area contributed by atoms with Crippen molar-refractivity contribution in [2.24, 2.45) is 5.41 Å². The standard InChI is InChI=1S/C16H15F12N/c1-12(2,3)11(29-4)8-9(15(23,24)25)6(13(17,18)19)5-7(14(20,21)22)10(8)16(26,27)28/h5,11,29H,1-4H3. The van der Waals surface area contributed by atoms with Gasteiger partial charge in [-0.3, -0.25) is 0 Å². The van der Waals surface area contributed by atoms with Crippen LogP contribution >= 0.6 is 0 Å². The zero-order chi connectivity index (χ0) is 23.4. The lowest BCUT2D eigenvalue weighted by molar-refractivity contribution is -0.172. The van der Waals surface area contributed by atoms with E-state index in [2.05, 4.69) is 0 Å². The molecular formula is C16H15F12N. The van der Waals surface area contributed by atoms with Crippen LogP contribution in [0.4, 0.5) is 52.7 Å². The van der Waals surface area contributed by atoms with E-state index in [1.165, 1.54) is 0 Å². The summed E-state index contributed by atoms with van der Waals surface area (Å²) in [5.74, 6) is 0. The van der Waals surface area contributed by atoms with Gasteiger partial charge in [-0.2, -0.15) is 52.7 Å². The summed E-state index contributed by atoms with van der Waals surface area (Å²) in [4.78, 5) is 0. The van der Waals surface area contributed by atoms with Crippen molar-refractivity contribution in [3.8, 4) is 0 Å². The van der Waals surface area contributed by atoms with Crippen LogP contribution in [0.2, 0.25) is 0 Å². The summed E-state index contributed by atoms with van der Waals surface area (Å²) < 4.78 is 161. The molecule has 0 spiro atoms. The Morgan fingerprint density at radius 2 is 0.931 bits per heavy atom. The lowest BCUT2D eigenvalue weighted by atomic mass is 9.76. The molecule has 0 saturated carbocycles. The summed E-state index contributed by atoms with van der Waals surface area (Å²) in [5.41, 5.74) is -15.1. The van der Waals surface area contributed by atoms with Crippen molar-refractivity contribution < 1.29 is 52.7 Å². The molecule has 1 aromatic rings. The average molecular weight is 449 g/mol. The van der Waals surface area contributed by atoms with Gasteiger partial charge in [0.15, 0.2) is 0 Å². The van der Waals surface area contributed by atoms with Gasteiger partial charge >= 0.3 is 24.7 Å². The summed E-state index contributed by atoms with van der Waals surface area (Å²) >= 11 is 0. The fourth-order valence-electron chi connectivity index (χ4n) is 3.06. The van der Waals surface area contributed by atoms with E-state index in [0.717, 1.165) is 27.8 Å². The lowest BCUT2D eigenvalue weighted by Crippen LogP contribution is -2.36. The van der Waals surface area contributed by atoms with Crippen LogP contribution in [0.15, 0.2) is 6.07 Å². The highest BCUT2D eigenvalue weighted by molar-refractivity contribution is 5.53. The molecule has 1 N–H and O–H groups in total. The Kier molecular flexibility index (Phi) is 6.33. The highest BCUT2D eigenvalue weighted by Gasteiger charge is 2.55. The maximum Gasteiger partial charge on any atom is 0.417 e. The average Bonchev–Trinajstić information content (AvgIpc) is 2.40. The molecule has 1 aromatic carbocycles. The number of benzene rings is 1. The maximum atomic E-state index is 13.5. The minimum atomic E-state index is -6.02. The first-order chi connectivity index (χ1) is 12.5. The van der Waals surface area contributed by atoms with Crippen molar-refractivity contribution in [1.29, 1.82) is 0 Å². The van der Waals surface area contributed by atoms with Gasteiger partial charge in [0.05, 0.1) is 22.3 Å². The first kappa shape index (κ1) is 25.4. The third kappa shape index (κ3) is 5.28. The van der Waals surface area contributed by atoms with Crippen LogP contribution in [-0.2, 0) is 24.7 Å². The molecule has 1 unspecified atom stereocenters. The van der Waals surface area contributed by atoms with Crippen LogP contribution in [0, 0.1) is 5.41 Å². The smallest absolute Gasteiger partial charge is 0.313 e. The Hall–Kier alpha value is -1.66. The topological polar surface area (TPSA) is 12.0 Å². The molecule has 13 heteroatoms. The van der Waals surface area contributed by atoms with Gasteiger partial charge in [0.2, 0.25) is 0 Å². The normalized spacial score (nSPS) is 15.6. The maximum absolute atomic E-state index is 13.5. The molecule has 0 fully saturated rings. The van der Waals surface area contributed by atoms with Crippen LogP contribution in [0.5, 0.6) is 0 Å². The number of nitrogens with one attached hydrogen (secondary N) is 1. The number of alkyl halides is 12. The van der Waals surface area contributed by atoms with E-state index in [9.17, 15) is 52.7 Å². The molecule has 0 heterocycles. The van der Waals surface area contributed by atoms with Crippen LogP contribution in [0.1, 0.15) is 54.6 Å². The molecule has 0 aromatic heterocycles. The summed E-state index contributed by atoms with van der Waals surface area (Å²) in [6, 6.07) is -3.29. The van der Waals surface area contributed by atoms with E-state index in [1.807, 2.05) is 5.32 Å². The van der Waals surface area contributed by atoms with E-state index in [1.54, 1.807) is 0 Å². The van der Waals surface area contributed by atoms with Gasteiger partial charge in [-0.05, 0) is 24.1 Å². The van der Waals surface area contributed by atoms with Gasteiger partial charge in [0, 0.05) is 6.04 Å². The van der Waals surface area contributed by atoms with Gasteiger partial charge in [-0.25, -0.2) is 0 Å². The Morgan fingerprint density at radius 3 is 1.10 bits per heavy atom. The molecule has 0 radical (unpaired) electrons. The number of rotatable bonds is 2. The highest BCUT2D eigenvalue weighted by Crippen LogP contribution is 2.54. The van der Waals surface area contributed by atoms with Crippen molar-refractivity contribution in [3.05, 3.63) is 33.9 Å². The molecule has 0 aliphatic rings. The number of halogens is 12. The van der Waals surface area contributed by atoms with Crippen molar-refractivity contribution in [1.82, 2.24) is 5.32 Å². The molecule has 1 rings (SSSR count). The van der Waals surface area contributed by atoms with E-state index in [4.69, 9.17) is 0 Å². The Bertz CT molecular complexity index is 694. The fraction of sp³-hybridized carbons (Fsp3) is 0.625. The minimum absolute atomic E-state index is 0.837. The molecule has 1 atom stereocenters. The molecule has 0 bridgehead atoms. The van der Waals surface area contributed by atoms with Crippen molar-refractivity contribution in [3.63, 3.8) is 0 Å². The monoisotopic (exact) mass is 449 g/mol. The van der Waals surface area contributed by atoms with Crippen LogP contribution in [0.25, 0.3) is 0 Å². The fourth-order valence-corrected chi connectivity index (χ4v) is 3.06. The first-order valence-electron chi connectivity index (χ1n) is 7.71. The second-order valence-electron chi connectivity index (χ2n) is 7.21. The molecule has 0 saturated heterocycles. The van der Waals surface area contributed by atoms with E-state index in [-0.39, 0.29) is 0 Å². The molecule has 1 nitrogen and oxygen atoms in total. The van der Waals surface area contributed by atoms with Crippen LogP contribution < -0.4 is 5.32 Å². The summed E-state index contributed by atoms with van der Waals surface area (Å²) in [7, 11) is 0.837. The third-order valence-corrected chi connectivity index (χ3v) is 3.99. The molecule has 168 valence electrons. The van der Waals surface area contributed by atoms with Gasteiger partial charge in [0.25, 0.3) is 0 Å². The summed E-state index contributed by atoms with van der Waals surface area (Å²) in [5, 5.41) is 2.01. The highest BCUT2D eigenvalue weighted by atomic mass is 19.4. The first-order valence-corrected chi connectivity index (χ1v) is 7.71. The van der Waals surface area contributed by atoms with Gasteiger partial charge in [-0.1, -0.05) is 20.8 Å². The second kappa shape index (κ2) is 7.24. The third-order valence-electron chi connectivity index (χ3n) is 3.99. The predicted octanol–water partition coefficient (Wildman–Crippen LogP) is 7.07. The minimum Gasteiger partial charge on any atom is -0.313 e. The zero-order valence-corrected chi connectivity index (χ0v) is 15.2. The Morgan fingerprint density at radius 1 is 0.621 bits per heavy atom. The number of hydrogen-bond donors (Lipinski definition) is 1. The van der Waals surface area contributed by atoms with Gasteiger partial charge in [0.1, 0.15) is 0 Å². The number of hydrogen-bond acceptors (Lipinski definition) is 1. The van der Waals surface area contributed by atoms with E-state index in [0.29, 0.717) is 0 Å². The second-order valence-corrected chi connectivity index (χ2v) is 7.21. The SMILES string of the molecule is CNC(c1c(C(F)(F)F)c(C(F)(F)F)cc(C(F)(F)F)c1C(F)(F)F)C(C)(C)C. The van der Waals surface area contributed by atoms with Crippen LogP contribution in [-0.4, -0.2) is 7.05 Å². The van der Waals surface area contributed by atoms with Crippen molar-refractivity contribution in [2.45, 2.75) is 51.5 Å². The zero-order valence-electron chi connectivity index (χ0n) is 15.2. The Labute approximate surface area is 157 Å². The molecular weight excluding hydrogens is 434 g/mol. The van der Waals surface area contributed by atoms with Crippen molar-refractivity contribution in [2.75, 3.05) is 7.05 Å². The van der Waals surface area contributed by atoms with Crippen LogP contribution in [0.3, 0.4) is 0 Å². The predicted molar refractivity (Wildman–Crippen MR) is 77.7 cm³/mol. The van der Waals surface area contributed by atoms with Gasteiger partial charge in [-0.15, -0.1) is 0 Å². The van der Waals surface area contributed by atoms with E-state index >= 15 is 0 Å². The molecule has 0 aliphatic carbocycles.